The van der Waals surface area contributed by atoms with E-state index in [0.717, 1.165) is 17.0 Å². The van der Waals surface area contributed by atoms with Gasteiger partial charge in [-0.2, -0.15) is 5.10 Å². The normalized spacial score (nSPS) is 13.8. The number of H-pyrrole nitrogens is 1. The first-order valence-electron chi connectivity index (χ1n) is 6.46. The predicted octanol–water partition coefficient (Wildman–Crippen LogP) is 1.99. The van der Waals surface area contributed by atoms with Crippen LogP contribution in [0.2, 0.25) is 0 Å². The van der Waals surface area contributed by atoms with Crippen molar-refractivity contribution in [2.45, 2.75) is 6.61 Å². The molecule has 21 heavy (non-hydrogen) atoms. The Morgan fingerprint density at radius 2 is 2.19 bits per heavy atom. The summed E-state index contributed by atoms with van der Waals surface area (Å²) in [6, 6.07) is 7.54. The first-order chi connectivity index (χ1) is 10.3. The minimum absolute atomic E-state index is 0.345. The van der Waals surface area contributed by atoms with Crippen molar-refractivity contribution in [3.8, 4) is 11.6 Å². The second kappa shape index (κ2) is 5.70. The predicted molar refractivity (Wildman–Crippen MR) is 75.9 cm³/mol. The second-order valence-corrected chi connectivity index (χ2v) is 4.55. The zero-order chi connectivity index (χ0) is 14.7. The van der Waals surface area contributed by atoms with Crippen LogP contribution in [-0.4, -0.2) is 36.0 Å². The van der Waals surface area contributed by atoms with Gasteiger partial charge in [0.05, 0.1) is 24.6 Å². The minimum Gasteiger partial charge on any atom is -0.496 e. The Balaban J connectivity index is 1.87. The number of aromatic amines is 1. The van der Waals surface area contributed by atoms with Crippen LogP contribution in [-0.2, 0) is 6.61 Å². The Labute approximate surface area is 121 Å². The van der Waals surface area contributed by atoms with E-state index in [9.17, 15) is 0 Å². The van der Waals surface area contributed by atoms with Gasteiger partial charge in [-0.25, -0.2) is 10.1 Å². The molecular weight excluding hydrogens is 272 g/mol. The molecule has 1 aliphatic heterocycles. The van der Waals surface area contributed by atoms with Crippen LogP contribution >= 0.6 is 0 Å². The van der Waals surface area contributed by atoms with E-state index in [-0.39, 0.29) is 0 Å². The SMILES string of the molecule is COc1cccc(N2CN(C)N=N2)c1COc1ccn[nH]1. The van der Waals surface area contributed by atoms with Crippen LogP contribution in [0.15, 0.2) is 40.9 Å². The van der Waals surface area contributed by atoms with E-state index in [2.05, 4.69) is 20.6 Å². The summed E-state index contributed by atoms with van der Waals surface area (Å²) in [5, 5.41) is 18.3. The van der Waals surface area contributed by atoms with Crippen LogP contribution in [0.5, 0.6) is 11.6 Å². The first-order valence-corrected chi connectivity index (χ1v) is 6.46. The van der Waals surface area contributed by atoms with E-state index in [1.165, 1.54) is 0 Å². The molecular formula is C13H16N6O2. The lowest BCUT2D eigenvalue weighted by molar-refractivity contribution is 0.285. The van der Waals surface area contributed by atoms with E-state index in [4.69, 9.17) is 9.47 Å². The number of nitrogens with zero attached hydrogens (tertiary/aromatic N) is 5. The molecule has 0 aliphatic carbocycles. The average Bonchev–Trinajstić information content (AvgIpc) is 3.16. The zero-order valence-corrected chi connectivity index (χ0v) is 11.9. The molecule has 110 valence electrons. The number of methoxy groups -OCH3 is 1. The van der Waals surface area contributed by atoms with E-state index < -0.39 is 0 Å². The summed E-state index contributed by atoms with van der Waals surface area (Å²) in [4.78, 5) is 0. The number of hydrogen-bond acceptors (Lipinski definition) is 7. The van der Waals surface area contributed by atoms with Crippen molar-refractivity contribution in [3.05, 3.63) is 36.0 Å². The van der Waals surface area contributed by atoms with Gasteiger partial charge >= 0.3 is 0 Å². The zero-order valence-electron chi connectivity index (χ0n) is 11.9. The van der Waals surface area contributed by atoms with Crippen LogP contribution in [0, 0.1) is 0 Å². The highest BCUT2D eigenvalue weighted by Gasteiger charge is 2.20. The number of nitrogens with one attached hydrogen (secondary N) is 1. The summed E-state index contributed by atoms with van der Waals surface area (Å²) >= 11 is 0. The standard InChI is InChI=1S/C13H16N6O2/c1-18-9-19(17-16-18)11-4-3-5-12(20-2)10(11)8-21-13-6-7-14-15-13/h3-7H,8-9H2,1-2H3,(H,14,15). The Hall–Kier alpha value is -2.77. The topological polar surface area (TPSA) is 78.3 Å². The number of ether oxygens (including phenoxy) is 2. The smallest absolute Gasteiger partial charge is 0.209 e. The van der Waals surface area contributed by atoms with Crippen molar-refractivity contribution in [3.63, 3.8) is 0 Å². The third kappa shape index (κ3) is 2.73. The van der Waals surface area contributed by atoms with Gasteiger partial charge < -0.3 is 9.47 Å². The summed E-state index contributed by atoms with van der Waals surface area (Å²) < 4.78 is 11.1. The van der Waals surface area contributed by atoms with Crippen LogP contribution in [0.4, 0.5) is 5.69 Å². The molecule has 0 spiro atoms. The van der Waals surface area contributed by atoms with Gasteiger partial charge in [-0.05, 0) is 17.4 Å². The molecule has 1 aliphatic rings. The molecule has 1 aromatic heterocycles. The quantitative estimate of drug-likeness (QED) is 0.910. The van der Waals surface area contributed by atoms with Crippen molar-refractivity contribution in [2.24, 2.45) is 10.4 Å². The van der Waals surface area contributed by atoms with Gasteiger partial charge in [0, 0.05) is 13.1 Å². The average molecular weight is 288 g/mol. The molecule has 2 heterocycles. The molecule has 0 unspecified atom stereocenters. The fourth-order valence-corrected chi connectivity index (χ4v) is 2.10. The van der Waals surface area contributed by atoms with Gasteiger partial charge in [-0.3, -0.25) is 5.01 Å². The number of hydrogen-bond donors (Lipinski definition) is 1. The van der Waals surface area contributed by atoms with Gasteiger partial charge in [-0.15, -0.1) is 0 Å². The van der Waals surface area contributed by atoms with Gasteiger partial charge in [-0.1, -0.05) is 11.3 Å². The van der Waals surface area contributed by atoms with E-state index in [0.29, 0.717) is 19.2 Å². The summed E-state index contributed by atoms with van der Waals surface area (Å²) in [6.45, 7) is 0.932. The largest absolute Gasteiger partial charge is 0.496 e. The lowest BCUT2D eigenvalue weighted by Gasteiger charge is -2.19. The molecule has 0 fully saturated rings. The second-order valence-electron chi connectivity index (χ2n) is 4.55. The maximum Gasteiger partial charge on any atom is 0.209 e. The summed E-state index contributed by atoms with van der Waals surface area (Å²) in [5.74, 6) is 1.35. The fraction of sp³-hybridized carbons (Fsp3) is 0.308. The summed E-state index contributed by atoms with van der Waals surface area (Å²) in [5.41, 5.74) is 1.81. The molecule has 8 heteroatoms. The van der Waals surface area contributed by atoms with Gasteiger partial charge in [0.1, 0.15) is 19.0 Å². The third-order valence-electron chi connectivity index (χ3n) is 3.09. The van der Waals surface area contributed by atoms with Crippen LogP contribution in [0.25, 0.3) is 0 Å². The molecule has 0 saturated heterocycles. The van der Waals surface area contributed by atoms with Crippen LogP contribution in [0.1, 0.15) is 5.56 Å². The molecule has 0 bridgehead atoms. The van der Waals surface area contributed by atoms with Crippen molar-refractivity contribution in [1.82, 2.24) is 15.2 Å². The minimum atomic E-state index is 0.345. The molecule has 1 N–H and O–H groups in total. The monoisotopic (exact) mass is 288 g/mol. The summed E-state index contributed by atoms with van der Waals surface area (Å²) in [6.07, 6.45) is 1.64. The van der Waals surface area contributed by atoms with Crippen molar-refractivity contribution in [2.75, 3.05) is 25.8 Å². The van der Waals surface area contributed by atoms with E-state index in [1.54, 1.807) is 29.4 Å². The lowest BCUT2D eigenvalue weighted by Crippen LogP contribution is -2.23. The van der Waals surface area contributed by atoms with Crippen molar-refractivity contribution >= 4 is 5.69 Å². The Morgan fingerprint density at radius 3 is 2.86 bits per heavy atom. The molecule has 0 atom stereocenters. The number of benzene rings is 1. The maximum absolute atomic E-state index is 5.69. The van der Waals surface area contributed by atoms with Crippen LogP contribution in [0.3, 0.4) is 0 Å². The first kappa shape index (κ1) is 13.2. The van der Waals surface area contributed by atoms with Crippen molar-refractivity contribution < 1.29 is 9.47 Å². The molecule has 2 aromatic rings. The third-order valence-corrected chi connectivity index (χ3v) is 3.09. The molecule has 1 aromatic carbocycles. The Bertz CT molecular complexity index is 628. The van der Waals surface area contributed by atoms with E-state index >= 15 is 0 Å². The Morgan fingerprint density at radius 1 is 1.29 bits per heavy atom. The van der Waals surface area contributed by atoms with Crippen molar-refractivity contribution in [1.29, 1.82) is 0 Å². The van der Waals surface area contributed by atoms with Gasteiger partial charge in [0.25, 0.3) is 0 Å². The summed E-state index contributed by atoms with van der Waals surface area (Å²) in [7, 11) is 3.50. The number of anilines is 1. The molecule has 0 amide bonds. The highest BCUT2D eigenvalue weighted by molar-refractivity contribution is 5.58. The van der Waals surface area contributed by atoms with Gasteiger partial charge in [0.15, 0.2) is 0 Å². The lowest BCUT2D eigenvalue weighted by atomic mass is 10.1. The highest BCUT2D eigenvalue weighted by atomic mass is 16.5. The molecule has 0 saturated carbocycles. The fourth-order valence-electron chi connectivity index (χ4n) is 2.10. The van der Waals surface area contributed by atoms with Gasteiger partial charge in [0.2, 0.25) is 5.88 Å². The maximum atomic E-state index is 5.69. The Kier molecular flexibility index (Phi) is 3.59. The highest BCUT2D eigenvalue weighted by Crippen LogP contribution is 2.32. The molecule has 0 radical (unpaired) electrons. The van der Waals surface area contributed by atoms with Crippen LogP contribution < -0.4 is 14.5 Å². The van der Waals surface area contributed by atoms with E-state index in [1.807, 2.05) is 25.2 Å². The number of rotatable bonds is 5. The number of aromatic nitrogens is 2. The molecule has 3 rings (SSSR count). The molecule has 8 nitrogen and oxygen atoms in total.